The molecule has 142 valence electrons. The number of rotatable bonds is 3. The molecule has 1 saturated heterocycles. The van der Waals surface area contributed by atoms with Gasteiger partial charge in [-0.2, -0.15) is 13.2 Å². The fraction of sp³-hybridized carbons (Fsp3) is 0.263. The Morgan fingerprint density at radius 2 is 1.85 bits per heavy atom. The summed E-state index contributed by atoms with van der Waals surface area (Å²) < 4.78 is 44.0. The van der Waals surface area contributed by atoms with Gasteiger partial charge < -0.3 is 15.4 Å². The molecule has 1 fully saturated rings. The number of Topliss-reactive ketones (excluding diaryl/α,β-unsaturated/α-hetero) is 1. The van der Waals surface area contributed by atoms with E-state index in [-0.39, 0.29) is 17.8 Å². The van der Waals surface area contributed by atoms with Crippen molar-refractivity contribution in [2.75, 3.05) is 10.6 Å². The number of ketones is 1. The molecular formula is C19H17F3N2O3. The van der Waals surface area contributed by atoms with Gasteiger partial charge >= 0.3 is 12.1 Å². The number of alkyl halides is 3. The number of esters is 1. The maximum Gasteiger partial charge on any atom is 0.416 e. The van der Waals surface area contributed by atoms with Crippen LogP contribution in [0.25, 0.3) is 0 Å². The van der Waals surface area contributed by atoms with E-state index in [9.17, 15) is 22.8 Å². The van der Waals surface area contributed by atoms with Gasteiger partial charge in [-0.25, -0.2) is 0 Å². The van der Waals surface area contributed by atoms with Crippen LogP contribution in [0.4, 0.5) is 24.5 Å². The second-order valence-electron chi connectivity index (χ2n) is 6.30. The average Bonchev–Trinajstić information content (AvgIpc) is 2.61. The highest BCUT2D eigenvalue weighted by molar-refractivity contribution is 6.03. The molecule has 1 aliphatic heterocycles. The van der Waals surface area contributed by atoms with Gasteiger partial charge in [-0.1, -0.05) is 30.3 Å². The second kappa shape index (κ2) is 6.94. The number of hydrogen-bond donors (Lipinski definition) is 1. The predicted molar refractivity (Wildman–Crippen MR) is 93.1 cm³/mol. The van der Waals surface area contributed by atoms with E-state index in [0.29, 0.717) is 5.56 Å². The third kappa shape index (κ3) is 3.74. The van der Waals surface area contributed by atoms with Crippen molar-refractivity contribution >= 4 is 23.1 Å². The fourth-order valence-electron chi connectivity index (χ4n) is 3.05. The zero-order valence-corrected chi connectivity index (χ0v) is 14.4. The first kappa shape index (κ1) is 18.8. The Morgan fingerprint density at radius 3 is 2.44 bits per heavy atom. The zero-order valence-electron chi connectivity index (χ0n) is 14.4. The summed E-state index contributed by atoms with van der Waals surface area (Å²) in [6.45, 7) is 1.68. The maximum absolute atomic E-state index is 12.9. The van der Waals surface area contributed by atoms with Crippen molar-refractivity contribution in [2.45, 2.75) is 31.8 Å². The highest BCUT2D eigenvalue weighted by Gasteiger charge is 2.40. The Labute approximate surface area is 153 Å². The number of anilines is 2. The minimum absolute atomic E-state index is 0.0148. The lowest BCUT2D eigenvalue weighted by molar-refractivity contribution is -0.151. The molecule has 2 N–H and O–H groups in total. The minimum Gasteiger partial charge on any atom is -0.433 e. The number of nitrogens with two attached hydrogens (primary N) is 1. The topological polar surface area (TPSA) is 72.6 Å². The van der Waals surface area contributed by atoms with Crippen LogP contribution in [0.5, 0.6) is 0 Å². The molecule has 0 aromatic heterocycles. The highest BCUT2D eigenvalue weighted by Crippen LogP contribution is 2.37. The van der Waals surface area contributed by atoms with Gasteiger partial charge in [0.05, 0.1) is 23.4 Å². The summed E-state index contributed by atoms with van der Waals surface area (Å²) in [4.78, 5) is 26.2. The van der Waals surface area contributed by atoms with Crippen molar-refractivity contribution in [3.63, 3.8) is 0 Å². The molecule has 0 saturated carbocycles. The number of ether oxygens (including phenoxy) is 1. The summed E-state index contributed by atoms with van der Waals surface area (Å²) in [5, 5.41) is 0. The third-order valence-electron chi connectivity index (χ3n) is 4.35. The Hall–Kier alpha value is -3.03. The van der Waals surface area contributed by atoms with Crippen LogP contribution in [0, 0.1) is 0 Å². The summed E-state index contributed by atoms with van der Waals surface area (Å²) in [7, 11) is 0. The molecule has 8 heteroatoms. The molecule has 2 aromatic carbocycles. The number of carbonyl (C=O) groups is 2. The van der Waals surface area contributed by atoms with Crippen LogP contribution in [0.3, 0.4) is 0 Å². The molecule has 1 heterocycles. The molecule has 0 radical (unpaired) electrons. The first-order valence-electron chi connectivity index (χ1n) is 8.22. The van der Waals surface area contributed by atoms with E-state index in [4.69, 9.17) is 10.5 Å². The van der Waals surface area contributed by atoms with Gasteiger partial charge in [0.15, 0.2) is 0 Å². The molecule has 2 atom stereocenters. The number of carbonyl (C=O) groups excluding carboxylic acids is 2. The molecule has 5 nitrogen and oxygen atoms in total. The van der Waals surface area contributed by atoms with Crippen LogP contribution in [-0.2, 0) is 15.7 Å². The lowest BCUT2D eigenvalue weighted by Gasteiger charge is -2.40. The van der Waals surface area contributed by atoms with Crippen LogP contribution in [0.15, 0.2) is 48.5 Å². The Bertz CT molecular complexity index is 868. The molecule has 0 amide bonds. The van der Waals surface area contributed by atoms with Crippen molar-refractivity contribution < 1.29 is 27.5 Å². The molecule has 0 aliphatic carbocycles. The second-order valence-corrected chi connectivity index (χ2v) is 6.30. The van der Waals surface area contributed by atoms with E-state index < -0.39 is 35.8 Å². The fourth-order valence-corrected chi connectivity index (χ4v) is 3.05. The van der Waals surface area contributed by atoms with Crippen molar-refractivity contribution in [3.05, 3.63) is 59.7 Å². The van der Waals surface area contributed by atoms with Crippen molar-refractivity contribution in [1.82, 2.24) is 0 Å². The lowest BCUT2D eigenvalue weighted by Crippen LogP contribution is -2.54. The number of halogens is 3. The standard InChI is InChI=1S/C19H17F3N2O3/c1-11-9-16(25)27-18(17(26)12-5-3-2-4-6-12)24(11)15-8-7-13(10-14(15)23)19(20,21)22/h2-8,10-11,18H,9,23H2,1H3/t11-,18+/m0/s1. The van der Waals surface area contributed by atoms with Crippen LogP contribution < -0.4 is 10.6 Å². The van der Waals surface area contributed by atoms with Crippen LogP contribution in [-0.4, -0.2) is 24.0 Å². The Balaban J connectivity index is 2.02. The molecule has 1 aliphatic rings. The van der Waals surface area contributed by atoms with E-state index in [2.05, 4.69) is 0 Å². The van der Waals surface area contributed by atoms with Gasteiger partial charge in [0.25, 0.3) is 0 Å². The highest BCUT2D eigenvalue weighted by atomic mass is 19.4. The first-order valence-corrected chi connectivity index (χ1v) is 8.22. The predicted octanol–water partition coefficient (Wildman–Crippen LogP) is 3.64. The van der Waals surface area contributed by atoms with Crippen LogP contribution in [0.2, 0.25) is 0 Å². The molecular weight excluding hydrogens is 361 g/mol. The van der Waals surface area contributed by atoms with Crippen LogP contribution >= 0.6 is 0 Å². The van der Waals surface area contributed by atoms with Gasteiger partial charge in [-0.15, -0.1) is 0 Å². The maximum atomic E-state index is 12.9. The quantitative estimate of drug-likeness (QED) is 0.502. The number of nitrogen functional groups attached to an aromatic ring is 1. The van der Waals surface area contributed by atoms with E-state index >= 15 is 0 Å². The number of hydrogen-bond acceptors (Lipinski definition) is 5. The lowest BCUT2D eigenvalue weighted by atomic mass is 10.0. The molecule has 0 spiro atoms. The van der Waals surface area contributed by atoms with Crippen molar-refractivity contribution in [2.24, 2.45) is 0 Å². The number of benzene rings is 2. The van der Waals surface area contributed by atoms with Crippen LogP contribution in [0.1, 0.15) is 29.3 Å². The Morgan fingerprint density at radius 1 is 1.19 bits per heavy atom. The van der Waals surface area contributed by atoms with E-state index in [0.717, 1.165) is 12.1 Å². The number of nitrogens with zero attached hydrogens (tertiary/aromatic N) is 1. The van der Waals surface area contributed by atoms with Gasteiger partial charge in [0.2, 0.25) is 12.0 Å². The SMILES string of the molecule is C[C@H]1CC(=O)O[C@H](C(=O)c2ccccc2)N1c1ccc(C(F)(F)F)cc1N. The molecule has 2 aromatic rings. The monoisotopic (exact) mass is 378 g/mol. The summed E-state index contributed by atoms with van der Waals surface area (Å²) >= 11 is 0. The summed E-state index contributed by atoms with van der Waals surface area (Å²) in [5.74, 6) is -1.03. The van der Waals surface area contributed by atoms with Gasteiger partial charge in [0.1, 0.15) is 0 Å². The number of cyclic esters (lactones) is 1. The largest absolute Gasteiger partial charge is 0.433 e. The summed E-state index contributed by atoms with van der Waals surface area (Å²) in [6.07, 6.45) is -5.85. The first-order chi connectivity index (χ1) is 12.7. The van der Waals surface area contributed by atoms with Crippen molar-refractivity contribution in [1.29, 1.82) is 0 Å². The normalized spacial score (nSPS) is 20.3. The molecule has 3 rings (SSSR count). The zero-order chi connectivity index (χ0) is 19.8. The Kier molecular flexibility index (Phi) is 4.82. The molecule has 0 bridgehead atoms. The van der Waals surface area contributed by atoms with Gasteiger partial charge in [-0.3, -0.25) is 9.59 Å². The molecule has 0 unspecified atom stereocenters. The third-order valence-corrected chi connectivity index (χ3v) is 4.35. The minimum atomic E-state index is -4.54. The van der Waals surface area contributed by atoms with E-state index in [1.807, 2.05) is 0 Å². The molecule has 27 heavy (non-hydrogen) atoms. The van der Waals surface area contributed by atoms with Crippen molar-refractivity contribution in [3.8, 4) is 0 Å². The van der Waals surface area contributed by atoms with E-state index in [1.54, 1.807) is 37.3 Å². The van der Waals surface area contributed by atoms with Gasteiger partial charge in [0, 0.05) is 11.6 Å². The van der Waals surface area contributed by atoms with E-state index in [1.165, 1.54) is 11.0 Å². The summed E-state index contributed by atoms with van der Waals surface area (Å²) in [5.41, 5.74) is 5.33. The average molecular weight is 378 g/mol. The summed E-state index contributed by atoms with van der Waals surface area (Å²) in [6, 6.07) is 10.6. The smallest absolute Gasteiger partial charge is 0.416 e. The van der Waals surface area contributed by atoms with Gasteiger partial charge in [-0.05, 0) is 25.1 Å².